The minimum absolute atomic E-state index is 0.115. The number of hydrogen-bond acceptors (Lipinski definition) is 2. The molecule has 0 aliphatic heterocycles. The maximum atomic E-state index is 14.3. The number of nitrogens with zero attached hydrogens (tertiary/aromatic N) is 2. The van der Waals surface area contributed by atoms with Crippen LogP contribution in [-0.4, -0.2) is 15.7 Å². The molecule has 1 N–H and O–H groups in total. The van der Waals surface area contributed by atoms with Gasteiger partial charge in [0.2, 0.25) is 0 Å². The molecule has 0 aliphatic carbocycles. The first-order valence-corrected chi connectivity index (χ1v) is 9.81. The van der Waals surface area contributed by atoms with E-state index in [1.807, 2.05) is 67.6 Å². The van der Waals surface area contributed by atoms with E-state index in [-0.39, 0.29) is 5.69 Å². The molecule has 0 saturated carbocycles. The van der Waals surface area contributed by atoms with Gasteiger partial charge in [0.1, 0.15) is 11.5 Å². The largest absolute Gasteiger partial charge is 0.319 e. The van der Waals surface area contributed by atoms with Gasteiger partial charge in [-0.25, -0.2) is 9.07 Å². The Morgan fingerprint density at radius 2 is 1.66 bits per heavy atom. The number of amides is 1. The third-order valence-electron chi connectivity index (χ3n) is 4.57. The second-order valence-electron chi connectivity index (χ2n) is 6.50. The smallest absolute Gasteiger partial charge is 0.259 e. The van der Waals surface area contributed by atoms with E-state index in [2.05, 4.69) is 21.2 Å². The number of benzene rings is 3. The monoisotopic (exact) mass is 449 g/mol. The highest BCUT2D eigenvalue weighted by molar-refractivity contribution is 9.10. The van der Waals surface area contributed by atoms with Crippen LogP contribution in [0.3, 0.4) is 0 Å². The lowest BCUT2D eigenvalue weighted by atomic mass is 10.1. The minimum atomic E-state index is -0.512. The second kappa shape index (κ2) is 8.01. The quantitative estimate of drug-likeness (QED) is 0.415. The number of aromatic nitrogens is 2. The second-order valence-corrected chi connectivity index (χ2v) is 7.42. The molecule has 0 aliphatic rings. The molecule has 0 fully saturated rings. The van der Waals surface area contributed by atoms with E-state index in [1.54, 1.807) is 10.7 Å². The Hall–Kier alpha value is -3.25. The van der Waals surface area contributed by atoms with Crippen LogP contribution in [0.5, 0.6) is 0 Å². The Morgan fingerprint density at radius 3 is 2.31 bits per heavy atom. The van der Waals surface area contributed by atoms with Crippen LogP contribution in [0.4, 0.5) is 10.1 Å². The van der Waals surface area contributed by atoms with E-state index in [1.165, 1.54) is 12.1 Å². The fourth-order valence-corrected chi connectivity index (χ4v) is 3.50. The molecule has 29 heavy (non-hydrogen) atoms. The Bertz CT molecular complexity index is 1170. The van der Waals surface area contributed by atoms with Crippen molar-refractivity contribution in [1.82, 2.24) is 9.78 Å². The Kier molecular flexibility index (Phi) is 5.27. The predicted molar refractivity (Wildman–Crippen MR) is 116 cm³/mol. The number of para-hydroxylation sites is 1. The molecule has 0 unspecified atom stereocenters. The first-order chi connectivity index (χ1) is 14.0. The van der Waals surface area contributed by atoms with Crippen molar-refractivity contribution in [2.75, 3.05) is 5.32 Å². The molecule has 3 aromatic carbocycles. The average Bonchev–Trinajstić information content (AvgIpc) is 3.08. The molecule has 1 heterocycles. The van der Waals surface area contributed by atoms with E-state index in [0.717, 1.165) is 11.3 Å². The number of carbonyl (C=O) groups excluding carboxylic acids is 1. The van der Waals surface area contributed by atoms with Crippen LogP contribution in [0.1, 0.15) is 16.1 Å². The first-order valence-electron chi connectivity index (χ1n) is 9.01. The molecule has 1 amide bonds. The van der Waals surface area contributed by atoms with Crippen molar-refractivity contribution >= 4 is 27.5 Å². The van der Waals surface area contributed by atoms with Gasteiger partial charge in [0.15, 0.2) is 0 Å². The van der Waals surface area contributed by atoms with Gasteiger partial charge in [0.25, 0.3) is 5.91 Å². The molecular weight excluding hydrogens is 433 g/mol. The molecule has 0 bridgehead atoms. The summed E-state index contributed by atoms with van der Waals surface area (Å²) >= 11 is 3.22. The maximum absolute atomic E-state index is 14.3. The summed E-state index contributed by atoms with van der Waals surface area (Å²) in [5.41, 5.74) is 3.39. The number of hydrogen-bond donors (Lipinski definition) is 1. The summed E-state index contributed by atoms with van der Waals surface area (Å²) in [6, 6.07) is 23.6. The SMILES string of the molecule is Cc1c(C(=O)Nc2ccc(Br)cc2F)c(-c2ccccc2)nn1-c1ccccc1. The third kappa shape index (κ3) is 3.84. The van der Waals surface area contributed by atoms with Crippen molar-refractivity contribution in [3.8, 4) is 16.9 Å². The van der Waals surface area contributed by atoms with Gasteiger partial charge in [0, 0.05) is 10.0 Å². The number of nitrogens with one attached hydrogen (secondary N) is 1. The van der Waals surface area contributed by atoms with Gasteiger partial charge in [-0.2, -0.15) is 5.10 Å². The van der Waals surface area contributed by atoms with Crippen LogP contribution in [0.2, 0.25) is 0 Å². The molecule has 144 valence electrons. The summed E-state index contributed by atoms with van der Waals surface area (Å²) in [5, 5.41) is 7.39. The van der Waals surface area contributed by atoms with E-state index in [9.17, 15) is 9.18 Å². The predicted octanol–water partition coefficient (Wildman–Crippen LogP) is 6.00. The molecular formula is C23H17BrFN3O. The Morgan fingerprint density at radius 1 is 1.00 bits per heavy atom. The number of carbonyl (C=O) groups is 1. The normalized spacial score (nSPS) is 10.7. The fraction of sp³-hybridized carbons (Fsp3) is 0.0435. The lowest BCUT2D eigenvalue weighted by Crippen LogP contribution is -2.15. The van der Waals surface area contributed by atoms with Gasteiger partial charge in [0.05, 0.1) is 22.6 Å². The molecule has 4 aromatic rings. The lowest BCUT2D eigenvalue weighted by molar-refractivity contribution is 0.102. The van der Waals surface area contributed by atoms with Crippen LogP contribution in [-0.2, 0) is 0 Å². The number of halogens is 2. The first kappa shape index (κ1) is 19.1. The lowest BCUT2D eigenvalue weighted by Gasteiger charge is -2.08. The van der Waals surface area contributed by atoms with Crippen LogP contribution >= 0.6 is 15.9 Å². The highest BCUT2D eigenvalue weighted by Gasteiger charge is 2.23. The van der Waals surface area contributed by atoms with Gasteiger partial charge >= 0.3 is 0 Å². The van der Waals surface area contributed by atoms with E-state index in [4.69, 9.17) is 5.10 Å². The van der Waals surface area contributed by atoms with E-state index < -0.39 is 11.7 Å². The zero-order valence-electron chi connectivity index (χ0n) is 15.6. The average molecular weight is 450 g/mol. The molecule has 0 spiro atoms. The highest BCUT2D eigenvalue weighted by Crippen LogP contribution is 2.29. The summed E-state index contributed by atoms with van der Waals surface area (Å²) in [7, 11) is 0. The molecule has 0 atom stereocenters. The van der Waals surface area contributed by atoms with Gasteiger partial charge < -0.3 is 5.32 Å². The minimum Gasteiger partial charge on any atom is -0.319 e. The summed E-state index contributed by atoms with van der Waals surface area (Å²) in [4.78, 5) is 13.2. The van der Waals surface area contributed by atoms with E-state index in [0.29, 0.717) is 21.4 Å². The topological polar surface area (TPSA) is 46.9 Å². The summed E-state index contributed by atoms with van der Waals surface area (Å²) in [6.45, 7) is 1.83. The van der Waals surface area contributed by atoms with Crippen molar-refractivity contribution in [2.24, 2.45) is 0 Å². The summed E-state index contributed by atoms with van der Waals surface area (Å²) in [6.07, 6.45) is 0. The van der Waals surface area contributed by atoms with Crippen molar-refractivity contribution in [3.63, 3.8) is 0 Å². The van der Waals surface area contributed by atoms with Gasteiger partial charge in [-0.15, -0.1) is 0 Å². The van der Waals surface area contributed by atoms with Crippen LogP contribution in [0.25, 0.3) is 16.9 Å². The fourth-order valence-electron chi connectivity index (χ4n) is 3.17. The van der Waals surface area contributed by atoms with Crippen LogP contribution < -0.4 is 5.32 Å². The zero-order chi connectivity index (χ0) is 20.4. The Balaban J connectivity index is 1.82. The van der Waals surface area contributed by atoms with Gasteiger partial charge in [-0.1, -0.05) is 64.5 Å². The van der Waals surface area contributed by atoms with Crippen LogP contribution in [0.15, 0.2) is 83.3 Å². The molecule has 6 heteroatoms. The van der Waals surface area contributed by atoms with Crippen molar-refractivity contribution in [3.05, 3.63) is 100 Å². The van der Waals surface area contributed by atoms with Crippen molar-refractivity contribution in [1.29, 1.82) is 0 Å². The maximum Gasteiger partial charge on any atom is 0.259 e. The number of anilines is 1. The molecule has 0 radical (unpaired) electrons. The third-order valence-corrected chi connectivity index (χ3v) is 5.06. The van der Waals surface area contributed by atoms with Crippen LogP contribution in [0, 0.1) is 12.7 Å². The zero-order valence-corrected chi connectivity index (χ0v) is 17.2. The summed E-state index contributed by atoms with van der Waals surface area (Å²) < 4.78 is 16.6. The van der Waals surface area contributed by atoms with Crippen molar-refractivity contribution < 1.29 is 9.18 Å². The highest BCUT2D eigenvalue weighted by atomic mass is 79.9. The molecule has 0 saturated heterocycles. The van der Waals surface area contributed by atoms with Gasteiger partial charge in [-0.3, -0.25) is 4.79 Å². The molecule has 4 rings (SSSR count). The Labute approximate surface area is 176 Å². The molecule has 1 aromatic heterocycles. The van der Waals surface area contributed by atoms with Crippen molar-refractivity contribution in [2.45, 2.75) is 6.92 Å². The van der Waals surface area contributed by atoms with E-state index >= 15 is 0 Å². The number of rotatable bonds is 4. The standard InChI is InChI=1S/C23H17BrFN3O/c1-15-21(23(29)26-20-13-12-17(24)14-19(20)25)22(16-8-4-2-5-9-16)27-28(15)18-10-6-3-7-11-18/h2-14H,1H3,(H,26,29). The molecule has 4 nitrogen and oxygen atoms in total. The van der Waals surface area contributed by atoms with Gasteiger partial charge in [-0.05, 0) is 37.3 Å². The summed E-state index contributed by atoms with van der Waals surface area (Å²) in [5.74, 6) is -0.924.